The monoisotopic (exact) mass is 483 g/mol. The smallest absolute Gasteiger partial charge is 0.262 e. The van der Waals surface area contributed by atoms with E-state index in [0.29, 0.717) is 39.7 Å². The second-order valence-corrected chi connectivity index (χ2v) is 10.5. The van der Waals surface area contributed by atoms with Gasteiger partial charge in [0.25, 0.3) is 5.56 Å². The zero-order chi connectivity index (χ0) is 23.9. The molecule has 0 saturated carbocycles. The van der Waals surface area contributed by atoms with Gasteiger partial charge < -0.3 is 4.90 Å². The predicted molar refractivity (Wildman–Crippen MR) is 134 cm³/mol. The third kappa shape index (κ3) is 4.70. The number of hydrogen-bond acceptors (Lipinski definition) is 5. The molecule has 0 radical (unpaired) electrons. The van der Waals surface area contributed by atoms with Crippen molar-refractivity contribution in [2.24, 2.45) is 5.92 Å². The number of benzene rings is 2. The van der Waals surface area contributed by atoms with Gasteiger partial charge in [0.15, 0.2) is 10.9 Å². The number of fused-ring (bicyclic) bond motifs is 2. The summed E-state index contributed by atoms with van der Waals surface area (Å²) >= 11 is 7.39. The SMILES string of the molecule is CC(=O)N1CCc2cc(C(=O)C(C)Sc3nc4ccc(Cl)cc4c(=O)n3CC(C)C)ccc21. The second-order valence-electron chi connectivity index (χ2n) is 8.75. The van der Waals surface area contributed by atoms with Crippen molar-refractivity contribution in [2.45, 2.75) is 51.1 Å². The Balaban J connectivity index is 1.65. The summed E-state index contributed by atoms with van der Waals surface area (Å²) < 4.78 is 1.64. The van der Waals surface area contributed by atoms with E-state index in [0.717, 1.165) is 17.7 Å². The van der Waals surface area contributed by atoms with Gasteiger partial charge in [-0.15, -0.1) is 0 Å². The highest BCUT2D eigenvalue weighted by Crippen LogP contribution is 2.31. The van der Waals surface area contributed by atoms with Gasteiger partial charge in [-0.3, -0.25) is 19.0 Å². The molecular weight excluding hydrogens is 458 g/mol. The molecule has 4 rings (SSSR count). The number of carbonyl (C=O) groups is 2. The third-order valence-electron chi connectivity index (χ3n) is 5.72. The first-order valence-electron chi connectivity index (χ1n) is 11.0. The lowest BCUT2D eigenvalue weighted by Crippen LogP contribution is -2.27. The lowest BCUT2D eigenvalue weighted by molar-refractivity contribution is -0.116. The molecule has 172 valence electrons. The summed E-state index contributed by atoms with van der Waals surface area (Å²) in [4.78, 5) is 44.7. The molecule has 1 aliphatic rings. The number of amides is 1. The Morgan fingerprint density at radius 2 is 1.91 bits per heavy atom. The average Bonchev–Trinajstić information content (AvgIpc) is 3.19. The molecule has 0 spiro atoms. The Labute approximate surface area is 201 Å². The van der Waals surface area contributed by atoms with Crippen LogP contribution in [0.1, 0.15) is 43.6 Å². The van der Waals surface area contributed by atoms with Gasteiger partial charge in [-0.2, -0.15) is 0 Å². The topological polar surface area (TPSA) is 72.3 Å². The Bertz CT molecular complexity index is 1320. The molecule has 2 heterocycles. The fraction of sp³-hybridized carbons (Fsp3) is 0.360. The van der Waals surface area contributed by atoms with Crippen molar-refractivity contribution in [2.75, 3.05) is 11.4 Å². The summed E-state index contributed by atoms with van der Waals surface area (Å²) in [5, 5.41) is 1.04. The van der Waals surface area contributed by atoms with Gasteiger partial charge in [-0.25, -0.2) is 4.98 Å². The number of carbonyl (C=O) groups excluding carboxylic acids is 2. The van der Waals surface area contributed by atoms with Crippen LogP contribution in [0.4, 0.5) is 5.69 Å². The van der Waals surface area contributed by atoms with Crippen molar-refractivity contribution in [1.29, 1.82) is 0 Å². The minimum absolute atomic E-state index is 0.00328. The maximum atomic E-state index is 13.3. The Morgan fingerprint density at radius 3 is 2.61 bits per heavy atom. The van der Waals surface area contributed by atoms with Gasteiger partial charge in [-0.05, 0) is 61.2 Å². The molecule has 1 aromatic heterocycles. The number of thioether (sulfide) groups is 1. The first-order chi connectivity index (χ1) is 15.7. The zero-order valence-corrected chi connectivity index (χ0v) is 20.7. The fourth-order valence-electron chi connectivity index (χ4n) is 4.12. The van der Waals surface area contributed by atoms with Crippen LogP contribution in [0.2, 0.25) is 5.02 Å². The number of nitrogens with zero attached hydrogens (tertiary/aromatic N) is 3. The van der Waals surface area contributed by atoms with E-state index in [-0.39, 0.29) is 23.2 Å². The molecule has 0 fully saturated rings. The van der Waals surface area contributed by atoms with E-state index in [2.05, 4.69) is 0 Å². The van der Waals surface area contributed by atoms with Crippen molar-refractivity contribution in [3.8, 4) is 0 Å². The summed E-state index contributed by atoms with van der Waals surface area (Å²) in [7, 11) is 0. The van der Waals surface area contributed by atoms with Crippen LogP contribution in [0.25, 0.3) is 10.9 Å². The molecule has 1 unspecified atom stereocenters. The van der Waals surface area contributed by atoms with Crippen molar-refractivity contribution in [3.63, 3.8) is 0 Å². The van der Waals surface area contributed by atoms with Gasteiger partial charge in [0.1, 0.15) is 0 Å². The van der Waals surface area contributed by atoms with E-state index in [9.17, 15) is 14.4 Å². The highest BCUT2D eigenvalue weighted by atomic mass is 35.5. The van der Waals surface area contributed by atoms with E-state index >= 15 is 0 Å². The normalized spacial score (nSPS) is 14.1. The van der Waals surface area contributed by atoms with Crippen LogP contribution in [0, 0.1) is 5.92 Å². The van der Waals surface area contributed by atoms with Gasteiger partial charge in [0, 0.05) is 36.3 Å². The van der Waals surface area contributed by atoms with Crippen molar-refractivity contribution < 1.29 is 9.59 Å². The fourth-order valence-corrected chi connectivity index (χ4v) is 5.28. The second kappa shape index (κ2) is 9.31. The van der Waals surface area contributed by atoms with Crippen LogP contribution in [-0.2, 0) is 17.8 Å². The number of Topliss-reactive ketones (excluding diaryl/α,β-unsaturated/α-hetero) is 1. The Kier molecular flexibility index (Phi) is 6.64. The number of hydrogen-bond donors (Lipinski definition) is 0. The lowest BCUT2D eigenvalue weighted by Gasteiger charge is -2.18. The first kappa shape index (κ1) is 23.5. The molecule has 0 aliphatic carbocycles. The number of anilines is 1. The molecule has 0 N–H and O–H groups in total. The average molecular weight is 484 g/mol. The molecule has 6 nitrogen and oxygen atoms in total. The summed E-state index contributed by atoms with van der Waals surface area (Å²) in [6, 6.07) is 10.6. The van der Waals surface area contributed by atoms with E-state index in [1.165, 1.54) is 11.8 Å². The van der Waals surface area contributed by atoms with Gasteiger partial charge >= 0.3 is 0 Å². The largest absolute Gasteiger partial charge is 0.312 e. The molecule has 3 aromatic rings. The van der Waals surface area contributed by atoms with E-state index in [4.69, 9.17) is 16.6 Å². The van der Waals surface area contributed by atoms with E-state index in [1.807, 2.05) is 32.9 Å². The number of rotatable bonds is 6. The van der Waals surface area contributed by atoms with Crippen molar-refractivity contribution in [3.05, 3.63) is 62.9 Å². The summed E-state index contributed by atoms with van der Waals surface area (Å²) in [6.07, 6.45) is 0.736. The van der Waals surface area contributed by atoms with E-state index in [1.54, 1.807) is 40.7 Å². The van der Waals surface area contributed by atoms with E-state index < -0.39 is 5.25 Å². The Morgan fingerprint density at radius 1 is 1.15 bits per heavy atom. The minimum atomic E-state index is -0.441. The van der Waals surface area contributed by atoms with Gasteiger partial charge in [0.2, 0.25) is 5.91 Å². The van der Waals surface area contributed by atoms with Crippen molar-refractivity contribution >= 4 is 51.6 Å². The summed E-state index contributed by atoms with van der Waals surface area (Å²) in [5.74, 6) is 0.196. The number of aromatic nitrogens is 2. The third-order valence-corrected chi connectivity index (χ3v) is 7.05. The zero-order valence-electron chi connectivity index (χ0n) is 19.1. The van der Waals surface area contributed by atoms with Crippen LogP contribution < -0.4 is 10.5 Å². The van der Waals surface area contributed by atoms with Crippen LogP contribution in [0.15, 0.2) is 46.3 Å². The lowest BCUT2D eigenvalue weighted by atomic mass is 10.0. The highest BCUT2D eigenvalue weighted by Gasteiger charge is 2.26. The molecule has 2 aromatic carbocycles. The number of halogens is 1. The summed E-state index contributed by atoms with van der Waals surface area (Å²) in [5.41, 5.74) is 2.89. The molecule has 0 bridgehead atoms. The van der Waals surface area contributed by atoms with Gasteiger partial charge in [-0.1, -0.05) is 37.2 Å². The number of ketones is 1. The standard InChI is InChI=1S/C25H26ClN3O3S/c1-14(2)13-29-24(32)20-12-19(26)6-7-21(20)27-25(29)33-15(3)23(31)18-5-8-22-17(11-18)9-10-28(22)16(4)30/h5-8,11-12,14-15H,9-10,13H2,1-4H3. The molecule has 0 saturated heterocycles. The molecule has 33 heavy (non-hydrogen) atoms. The van der Waals surface area contributed by atoms with Crippen LogP contribution in [-0.4, -0.2) is 33.0 Å². The van der Waals surface area contributed by atoms with Crippen LogP contribution in [0.3, 0.4) is 0 Å². The Hall–Kier alpha value is -2.64. The molecular formula is C25H26ClN3O3S. The van der Waals surface area contributed by atoms with Crippen molar-refractivity contribution in [1.82, 2.24) is 9.55 Å². The summed E-state index contributed by atoms with van der Waals surface area (Å²) in [6.45, 7) is 8.59. The quantitative estimate of drug-likeness (QED) is 0.281. The molecule has 1 aliphatic heterocycles. The molecule has 8 heteroatoms. The highest BCUT2D eigenvalue weighted by molar-refractivity contribution is 8.00. The first-order valence-corrected chi connectivity index (χ1v) is 12.2. The van der Waals surface area contributed by atoms with Crippen LogP contribution >= 0.6 is 23.4 Å². The molecule has 1 amide bonds. The maximum absolute atomic E-state index is 13.3. The predicted octanol–water partition coefficient (Wildman–Crippen LogP) is 4.98. The van der Waals surface area contributed by atoms with Gasteiger partial charge in [0.05, 0.1) is 16.2 Å². The van der Waals surface area contributed by atoms with Crippen LogP contribution in [0.5, 0.6) is 0 Å². The minimum Gasteiger partial charge on any atom is -0.312 e. The molecule has 1 atom stereocenters. The maximum Gasteiger partial charge on any atom is 0.262 e.